The van der Waals surface area contributed by atoms with E-state index in [1.165, 1.54) is 11.1 Å². The summed E-state index contributed by atoms with van der Waals surface area (Å²) in [6.45, 7) is 3.24. The first-order valence-corrected chi connectivity index (χ1v) is 9.89. The van der Waals surface area contributed by atoms with E-state index in [-0.39, 0.29) is 0 Å². The van der Waals surface area contributed by atoms with Crippen LogP contribution in [0.15, 0.2) is 99.1 Å². The van der Waals surface area contributed by atoms with Crippen LogP contribution in [0.5, 0.6) is 0 Å². The molecule has 1 aromatic carbocycles. The largest absolute Gasteiger partial charge is 0.300 e. The highest BCUT2D eigenvalue weighted by Gasteiger charge is 2.08. The fraction of sp³-hybridized carbons (Fsp3) is 0.182. The number of benzene rings is 1. The lowest BCUT2D eigenvalue weighted by molar-refractivity contribution is -0.701. The van der Waals surface area contributed by atoms with E-state index >= 15 is 0 Å². The van der Waals surface area contributed by atoms with Gasteiger partial charge >= 0.3 is 0 Å². The standard InChI is InChI=1S/C22H24N8/c1-2-22(14-26-10-12-30(18-26)20-28-8-6-24-16-28)4-3-21(1)13-25-9-11-29(17-25)19-27-7-5-23-15-27/h1-12,15-18H,13-14,19-20H2/q+2. The van der Waals surface area contributed by atoms with Crippen molar-refractivity contribution in [3.8, 4) is 0 Å². The van der Waals surface area contributed by atoms with Crippen LogP contribution in [0.4, 0.5) is 0 Å². The predicted molar refractivity (Wildman–Crippen MR) is 109 cm³/mol. The van der Waals surface area contributed by atoms with Gasteiger partial charge in [-0.2, -0.15) is 0 Å². The first-order valence-electron chi connectivity index (χ1n) is 9.89. The van der Waals surface area contributed by atoms with Gasteiger partial charge in [-0.3, -0.25) is 0 Å². The van der Waals surface area contributed by atoms with Crippen molar-refractivity contribution < 1.29 is 9.13 Å². The molecule has 0 unspecified atom stereocenters. The molecule has 0 atom stereocenters. The summed E-state index contributed by atoms with van der Waals surface area (Å²) in [6, 6.07) is 8.83. The summed E-state index contributed by atoms with van der Waals surface area (Å²) in [6.07, 6.45) is 23.8. The van der Waals surface area contributed by atoms with Crippen molar-refractivity contribution in [2.45, 2.75) is 26.4 Å². The van der Waals surface area contributed by atoms with Crippen LogP contribution < -0.4 is 9.13 Å². The summed E-state index contributed by atoms with van der Waals surface area (Å²) in [7, 11) is 0. The van der Waals surface area contributed by atoms with Gasteiger partial charge in [-0.05, 0) is 11.1 Å². The van der Waals surface area contributed by atoms with Gasteiger partial charge in [0, 0.05) is 24.8 Å². The van der Waals surface area contributed by atoms with Gasteiger partial charge in [0.25, 0.3) is 0 Å². The highest BCUT2D eigenvalue weighted by atomic mass is 15.2. The van der Waals surface area contributed by atoms with E-state index in [9.17, 15) is 0 Å². The molecule has 30 heavy (non-hydrogen) atoms. The third kappa shape index (κ3) is 4.38. The SMILES string of the molecule is c1cn(C[n+]2ccn(Cc3ccc(Cn4cc[n+](Cn5ccnc5)c4)cc3)c2)cn1. The van der Waals surface area contributed by atoms with Crippen LogP contribution in [0.25, 0.3) is 0 Å². The van der Waals surface area contributed by atoms with Crippen LogP contribution >= 0.6 is 0 Å². The average Bonchev–Trinajstić information content (AvgIpc) is 3.54. The van der Waals surface area contributed by atoms with Crippen LogP contribution in [-0.2, 0) is 26.4 Å². The van der Waals surface area contributed by atoms with Crippen LogP contribution in [0.3, 0.4) is 0 Å². The van der Waals surface area contributed by atoms with Crippen molar-refractivity contribution in [3.05, 3.63) is 110 Å². The van der Waals surface area contributed by atoms with Gasteiger partial charge < -0.3 is 9.13 Å². The molecule has 0 fully saturated rings. The van der Waals surface area contributed by atoms with Crippen LogP contribution in [0.2, 0.25) is 0 Å². The number of imidazole rings is 4. The Morgan fingerprint density at radius 1 is 0.600 bits per heavy atom. The van der Waals surface area contributed by atoms with E-state index in [4.69, 9.17) is 0 Å². The van der Waals surface area contributed by atoms with E-state index < -0.39 is 0 Å². The smallest absolute Gasteiger partial charge is 0.245 e. The Morgan fingerprint density at radius 3 is 1.47 bits per heavy atom. The summed E-state index contributed by atoms with van der Waals surface area (Å²) in [4.78, 5) is 8.17. The summed E-state index contributed by atoms with van der Waals surface area (Å²) in [5.41, 5.74) is 2.57. The Kier molecular flexibility index (Phi) is 4.95. The maximum Gasteiger partial charge on any atom is 0.245 e. The van der Waals surface area contributed by atoms with Gasteiger partial charge in [-0.1, -0.05) is 24.3 Å². The maximum atomic E-state index is 4.09. The monoisotopic (exact) mass is 400 g/mol. The molecule has 8 nitrogen and oxygen atoms in total. The minimum absolute atomic E-state index is 0.768. The molecule has 0 N–H and O–H groups in total. The zero-order chi connectivity index (χ0) is 20.2. The topological polar surface area (TPSA) is 53.3 Å². The van der Waals surface area contributed by atoms with Crippen LogP contribution in [0.1, 0.15) is 11.1 Å². The van der Waals surface area contributed by atoms with Gasteiger partial charge in [0.05, 0.1) is 12.7 Å². The molecule has 150 valence electrons. The van der Waals surface area contributed by atoms with Crippen molar-refractivity contribution in [2.24, 2.45) is 0 Å². The van der Waals surface area contributed by atoms with Crippen molar-refractivity contribution >= 4 is 0 Å². The highest BCUT2D eigenvalue weighted by molar-refractivity contribution is 5.23. The number of hydrogen-bond donors (Lipinski definition) is 0. The third-order valence-electron chi connectivity index (χ3n) is 5.02. The Hall–Kier alpha value is -3.94. The highest BCUT2D eigenvalue weighted by Crippen LogP contribution is 2.08. The molecular formula is C22H24N8+2. The second kappa shape index (κ2) is 8.20. The molecule has 5 rings (SSSR count). The lowest BCUT2D eigenvalue weighted by atomic mass is 10.1. The zero-order valence-corrected chi connectivity index (χ0v) is 16.6. The third-order valence-corrected chi connectivity index (χ3v) is 5.02. The number of hydrogen-bond acceptors (Lipinski definition) is 2. The van der Waals surface area contributed by atoms with Gasteiger partial charge in [0.2, 0.25) is 12.7 Å². The lowest BCUT2D eigenvalue weighted by Crippen LogP contribution is -2.34. The fourth-order valence-corrected chi connectivity index (χ4v) is 3.52. The average molecular weight is 400 g/mol. The van der Waals surface area contributed by atoms with Crippen LogP contribution in [-0.4, -0.2) is 28.2 Å². The summed E-state index contributed by atoms with van der Waals surface area (Å²) < 4.78 is 12.7. The molecule has 0 saturated heterocycles. The van der Waals surface area contributed by atoms with E-state index in [1.807, 2.05) is 34.2 Å². The molecule has 0 amide bonds. The van der Waals surface area contributed by atoms with Gasteiger partial charge in [-0.25, -0.2) is 28.2 Å². The van der Waals surface area contributed by atoms with Crippen molar-refractivity contribution in [1.29, 1.82) is 0 Å². The first-order chi connectivity index (χ1) is 14.8. The zero-order valence-electron chi connectivity index (χ0n) is 16.6. The minimum atomic E-state index is 0.768. The predicted octanol–water partition coefficient (Wildman–Crippen LogP) is 1.37. The number of aromatic nitrogens is 8. The molecule has 0 bridgehead atoms. The van der Waals surface area contributed by atoms with Crippen LogP contribution in [0, 0.1) is 0 Å². The molecule has 8 heteroatoms. The van der Waals surface area contributed by atoms with E-state index in [1.54, 1.807) is 12.4 Å². The number of rotatable bonds is 8. The molecule has 5 aromatic rings. The van der Waals surface area contributed by atoms with Crippen molar-refractivity contribution in [2.75, 3.05) is 0 Å². The van der Waals surface area contributed by atoms with Gasteiger partial charge in [-0.15, -0.1) is 0 Å². The summed E-state index contributed by atoms with van der Waals surface area (Å²) in [5.74, 6) is 0. The molecule has 0 saturated carbocycles. The fourth-order valence-electron chi connectivity index (χ4n) is 3.52. The normalized spacial score (nSPS) is 11.2. The molecule has 4 heterocycles. The van der Waals surface area contributed by atoms with E-state index in [0.717, 1.165) is 26.4 Å². The molecule has 0 aliphatic rings. The van der Waals surface area contributed by atoms with Crippen molar-refractivity contribution in [1.82, 2.24) is 28.2 Å². The van der Waals surface area contributed by atoms with Crippen molar-refractivity contribution in [3.63, 3.8) is 0 Å². The van der Waals surface area contributed by atoms with Gasteiger partial charge in [0.15, 0.2) is 13.3 Å². The molecule has 0 aliphatic heterocycles. The van der Waals surface area contributed by atoms with Gasteiger partial charge in [0.1, 0.15) is 37.9 Å². The Balaban J connectivity index is 1.18. The molecule has 0 spiro atoms. The Labute approximate surface area is 174 Å². The second-order valence-corrected chi connectivity index (χ2v) is 7.45. The van der Waals surface area contributed by atoms with E-state index in [2.05, 4.69) is 89.9 Å². The Bertz CT molecular complexity index is 1080. The molecule has 4 aromatic heterocycles. The first kappa shape index (κ1) is 18.1. The van der Waals surface area contributed by atoms with E-state index in [0.29, 0.717) is 0 Å². The lowest BCUT2D eigenvalue weighted by Gasteiger charge is -2.02. The minimum Gasteiger partial charge on any atom is -0.300 e. The number of nitrogens with zero attached hydrogens (tertiary/aromatic N) is 8. The quantitative estimate of drug-likeness (QED) is 0.370. The second-order valence-electron chi connectivity index (χ2n) is 7.45. The maximum absolute atomic E-state index is 4.09. The Morgan fingerprint density at radius 2 is 1.07 bits per heavy atom. The summed E-state index contributed by atoms with van der Waals surface area (Å²) in [5, 5.41) is 0. The molecular weight excluding hydrogens is 376 g/mol. The molecule has 0 aliphatic carbocycles. The molecule has 0 radical (unpaired) electrons. The summed E-state index contributed by atoms with van der Waals surface area (Å²) >= 11 is 0.